The number of aromatic nitrogens is 3. The molecule has 2 heterocycles. The van der Waals surface area contributed by atoms with Crippen LogP contribution in [0.2, 0.25) is 0 Å². The fourth-order valence-corrected chi connectivity index (χ4v) is 3.37. The normalized spacial score (nSPS) is 16.7. The Morgan fingerprint density at radius 3 is 2.72 bits per heavy atom. The summed E-state index contributed by atoms with van der Waals surface area (Å²) in [6.07, 6.45) is 3.84. The van der Waals surface area contributed by atoms with Gasteiger partial charge in [0.25, 0.3) is 5.91 Å². The van der Waals surface area contributed by atoms with Gasteiger partial charge in [0.05, 0.1) is 25.8 Å². The molecule has 0 aliphatic carbocycles. The highest BCUT2D eigenvalue weighted by atomic mass is 16.5. The number of hydrogen-bond acceptors (Lipinski definition) is 5. The van der Waals surface area contributed by atoms with Crippen molar-refractivity contribution in [2.45, 2.75) is 39.2 Å². The van der Waals surface area contributed by atoms with Crippen LogP contribution in [-0.4, -0.2) is 58.5 Å². The minimum absolute atomic E-state index is 0.0303. The maximum atomic E-state index is 12.7. The molecule has 8 heteroatoms. The molecule has 0 bridgehead atoms. The van der Waals surface area contributed by atoms with Gasteiger partial charge in [-0.05, 0) is 36.5 Å². The Balaban J connectivity index is 1.58. The number of hydrogen-bond donors (Lipinski definition) is 1. The number of carbonyl (C=O) groups is 2. The van der Waals surface area contributed by atoms with E-state index in [0.717, 1.165) is 30.7 Å². The van der Waals surface area contributed by atoms with Gasteiger partial charge in [0, 0.05) is 19.6 Å². The molecule has 2 aromatic rings. The molecule has 1 aliphatic heterocycles. The first-order chi connectivity index (χ1) is 14.0. The van der Waals surface area contributed by atoms with Gasteiger partial charge in [0.2, 0.25) is 5.91 Å². The van der Waals surface area contributed by atoms with Gasteiger partial charge in [-0.3, -0.25) is 9.59 Å². The number of nitrogens with one attached hydrogen (secondary N) is 1. The van der Waals surface area contributed by atoms with Gasteiger partial charge in [0.15, 0.2) is 5.69 Å². The fourth-order valence-electron chi connectivity index (χ4n) is 3.37. The second-order valence-corrected chi connectivity index (χ2v) is 7.85. The molecule has 1 unspecified atom stereocenters. The van der Waals surface area contributed by atoms with Crippen molar-refractivity contribution in [3.63, 3.8) is 0 Å². The molecule has 8 nitrogen and oxygen atoms in total. The minimum Gasteiger partial charge on any atom is -0.497 e. The first-order valence-electron chi connectivity index (χ1n) is 10.1. The lowest BCUT2D eigenvalue weighted by atomic mass is 10.0. The Bertz CT molecular complexity index is 831. The molecule has 1 fully saturated rings. The van der Waals surface area contributed by atoms with E-state index in [1.807, 2.05) is 43.0 Å². The van der Waals surface area contributed by atoms with E-state index < -0.39 is 0 Å². The van der Waals surface area contributed by atoms with Gasteiger partial charge in [-0.1, -0.05) is 31.2 Å². The van der Waals surface area contributed by atoms with Gasteiger partial charge < -0.3 is 15.0 Å². The van der Waals surface area contributed by atoms with Crippen molar-refractivity contribution in [2.75, 3.05) is 26.7 Å². The Morgan fingerprint density at radius 1 is 1.28 bits per heavy atom. The third kappa shape index (κ3) is 5.56. The molecule has 156 valence electrons. The van der Waals surface area contributed by atoms with Crippen molar-refractivity contribution in [1.82, 2.24) is 25.2 Å². The molecule has 0 radical (unpaired) electrons. The lowest BCUT2D eigenvalue weighted by molar-refractivity contribution is -0.132. The van der Waals surface area contributed by atoms with Crippen molar-refractivity contribution >= 4 is 11.8 Å². The highest BCUT2D eigenvalue weighted by molar-refractivity contribution is 5.91. The van der Waals surface area contributed by atoms with E-state index in [-0.39, 0.29) is 17.9 Å². The van der Waals surface area contributed by atoms with Gasteiger partial charge in [-0.15, -0.1) is 5.10 Å². The summed E-state index contributed by atoms with van der Waals surface area (Å²) >= 11 is 0. The number of nitrogens with zero attached hydrogens (tertiary/aromatic N) is 4. The summed E-state index contributed by atoms with van der Waals surface area (Å²) in [5.41, 5.74) is 1.27. The molecular weight excluding hydrogens is 370 g/mol. The van der Waals surface area contributed by atoms with Crippen LogP contribution in [0.15, 0.2) is 30.5 Å². The molecule has 1 aromatic heterocycles. The maximum Gasteiger partial charge on any atom is 0.273 e. The first-order valence-corrected chi connectivity index (χ1v) is 10.1. The lowest BCUT2D eigenvalue weighted by Crippen LogP contribution is -2.41. The van der Waals surface area contributed by atoms with Crippen LogP contribution in [0.25, 0.3) is 0 Å². The van der Waals surface area contributed by atoms with Gasteiger partial charge in [0.1, 0.15) is 5.75 Å². The van der Waals surface area contributed by atoms with Gasteiger partial charge in [-0.2, -0.15) is 0 Å². The Hall–Kier alpha value is -2.90. The zero-order valence-electron chi connectivity index (χ0n) is 17.3. The summed E-state index contributed by atoms with van der Waals surface area (Å²) in [6.45, 7) is 5.99. The number of amides is 2. The highest BCUT2D eigenvalue weighted by Gasteiger charge is 2.26. The van der Waals surface area contributed by atoms with E-state index in [0.29, 0.717) is 31.1 Å². The van der Waals surface area contributed by atoms with Crippen molar-refractivity contribution in [3.8, 4) is 5.75 Å². The Labute approximate surface area is 171 Å². The number of carbonyl (C=O) groups excluding carboxylic acids is 2. The average molecular weight is 399 g/mol. The fraction of sp³-hybridized carbons (Fsp3) is 0.524. The van der Waals surface area contributed by atoms with E-state index in [4.69, 9.17) is 4.74 Å². The van der Waals surface area contributed by atoms with Crippen LogP contribution in [0.4, 0.5) is 0 Å². The molecule has 1 aliphatic rings. The van der Waals surface area contributed by atoms with E-state index in [1.54, 1.807) is 18.0 Å². The van der Waals surface area contributed by atoms with Crippen molar-refractivity contribution in [3.05, 3.63) is 41.7 Å². The van der Waals surface area contributed by atoms with Crippen LogP contribution in [0, 0.1) is 5.92 Å². The molecule has 29 heavy (non-hydrogen) atoms. The number of piperidine rings is 1. The summed E-state index contributed by atoms with van der Waals surface area (Å²) < 4.78 is 6.88. The minimum atomic E-state index is -0.215. The second kappa shape index (κ2) is 9.54. The number of benzene rings is 1. The first kappa shape index (κ1) is 20.8. The third-order valence-corrected chi connectivity index (χ3v) is 5.05. The van der Waals surface area contributed by atoms with Crippen LogP contribution in [0.5, 0.6) is 5.75 Å². The molecule has 0 spiro atoms. The van der Waals surface area contributed by atoms with Crippen molar-refractivity contribution in [1.29, 1.82) is 0 Å². The molecule has 1 N–H and O–H groups in total. The molecule has 1 saturated heterocycles. The smallest absolute Gasteiger partial charge is 0.273 e. The Kier molecular flexibility index (Phi) is 6.85. The van der Waals surface area contributed by atoms with Crippen LogP contribution in [0.3, 0.4) is 0 Å². The van der Waals surface area contributed by atoms with Crippen LogP contribution in [-0.2, 0) is 11.2 Å². The zero-order valence-corrected chi connectivity index (χ0v) is 17.3. The predicted molar refractivity (Wildman–Crippen MR) is 109 cm³/mol. The second-order valence-electron chi connectivity index (χ2n) is 7.85. The molecule has 1 atom stereocenters. The third-order valence-electron chi connectivity index (χ3n) is 5.05. The van der Waals surface area contributed by atoms with E-state index >= 15 is 0 Å². The monoisotopic (exact) mass is 399 g/mol. The van der Waals surface area contributed by atoms with E-state index in [9.17, 15) is 9.59 Å². The summed E-state index contributed by atoms with van der Waals surface area (Å²) in [5, 5.41) is 11.0. The van der Waals surface area contributed by atoms with Gasteiger partial charge >= 0.3 is 0 Å². The number of rotatable bonds is 7. The number of likely N-dealkylation sites (tertiary alicyclic amines) is 1. The molecule has 3 rings (SSSR count). The molecular formula is C21H29N5O3. The maximum absolute atomic E-state index is 12.7. The SMILES string of the molecule is COc1ccc(CC(=O)N2CCCC(n3cc(C(=O)NCC(C)C)nn3)C2)cc1. The quantitative estimate of drug-likeness (QED) is 0.770. The largest absolute Gasteiger partial charge is 0.497 e. The van der Waals surface area contributed by atoms with Gasteiger partial charge in [-0.25, -0.2) is 4.68 Å². The average Bonchev–Trinajstić information content (AvgIpc) is 3.23. The molecule has 2 amide bonds. The summed E-state index contributed by atoms with van der Waals surface area (Å²) in [7, 11) is 1.62. The molecule has 1 aromatic carbocycles. The standard InChI is InChI=1S/C21H29N5O3/c1-15(2)12-22-21(28)19-14-26(24-23-19)17-5-4-10-25(13-17)20(27)11-16-6-8-18(29-3)9-7-16/h6-9,14-15,17H,4-5,10-13H2,1-3H3,(H,22,28). The van der Waals surface area contributed by atoms with Crippen LogP contribution in [0.1, 0.15) is 48.8 Å². The van der Waals surface area contributed by atoms with Crippen molar-refractivity contribution in [2.24, 2.45) is 5.92 Å². The molecule has 0 saturated carbocycles. The summed E-state index contributed by atoms with van der Waals surface area (Å²) in [6, 6.07) is 7.59. The van der Waals surface area contributed by atoms with Crippen molar-refractivity contribution < 1.29 is 14.3 Å². The Morgan fingerprint density at radius 2 is 2.03 bits per heavy atom. The summed E-state index contributed by atoms with van der Waals surface area (Å²) in [4.78, 5) is 26.8. The summed E-state index contributed by atoms with van der Waals surface area (Å²) in [5.74, 6) is 1.03. The van der Waals surface area contributed by atoms with E-state index in [1.165, 1.54) is 0 Å². The van der Waals surface area contributed by atoms with E-state index in [2.05, 4.69) is 15.6 Å². The number of ether oxygens (including phenoxy) is 1. The van der Waals surface area contributed by atoms with Crippen LogP contribution < -0.4 is 10.1 Å². The topological polar surface area (TPSA) is 89.4 Å². The number of methoxy groups -OCH3 is 1. The highest BCUT2D eigenvalue weighted by Crippen LogP contribution is 2.22. The predicted octanol–water partition coefficient (Wildman–Crippen LogP) is 2.08. The lowest BCUT2D eigenvalue weighted by Gasteiger charge is -2.32. The van der Waals surface area contributed by atoms with Crippen LogP contribution >= 0.6 is 0 Å². The zero-order chi connectivity index (χ0) is 20.8.